The van der Waals surface area contributed by atoms with Crippen LogP contribution in [0.5, 0.6) is 0 Å². The normalized spacial score (nSPS) is 17.3. The van der Waals surface area contributed by atoms with Crippen LogP contribution in [0.4, 0.5) is 0 Å². The van der Waals surface area contributed by atoms with Crippen molar-refractivity contribution in [1.82, 2.24) is 14.9 Å². The lowest BCUT2D eigenvalue weighted by Gasteiger charge is -2.12. The van der Waals surface area contributed by atoms with Gasteiger partial charge in [-0.15, -0.1) is 6.58 Å². The molecule has 0 unspecified atom stereocenters. The minimum atomic E-state index is -0.101. The standard InChI is InChI=1S/C12H15N3O2S/c1-3-4-13-10(16)6-9-7-18-12-14-8(2)5-11(17)15(9)12/h3,5,9H,1,4,6-7H2,2H3,(H,13,16)/t9-/m0/s1. The van der Waals surface area contributed by atoms with Crippen LogP contribution >= 0.6 is 11.8 Å². The molecule has 1 amide bonds. The average Bonchev–Trinajstić information content (AvgIpc) is 2.69. The largest absolute Gasteiger partial charge is 0.353 e. The molecule has 0 spiro atoms. The summed E-state index contributed by atoms with van der Waals surface area (Å²) in [6, 6.07) is 1.40. The number of nitrogens with zero attached hydrogens (tertiary/aromatic N) is 2. The molecule has 1 N–H and O–H groups in total. The molecule has 0 aliphatic carbocycles. The molecule has 96 valence electrons. The van der Waals surface area contributed by atoms with Crippen LogP contribution in [-0.2, 0) is 4.79 Å². The summed E-state index contributed by atoms with van der Waals surface area (Å²) in [6.07, 6.45) is 1.94. The summed E-state index contributed by atoms with van der Waals surface area (Å²) in [5.41, 5.74) is 0.638. The Morgan fingerprint density at radius 2 is 2.56 bits per heavy atom. The van der Waals surface area contributed by atoms with E-state index < -0.39 is 0 Å². The van der Waals surface area contributed by atoms with Crippen LogP contribution in [0.3, 0.4) is 0 Å². The lowest BCUT2D eigenvalue weighted by atomic mass is 10.2. The van der Waals surface area contributed by atoms with Crippen molar-refractivity contribution in [2.24, 2.45) is 0 Å². The highest BCUT2D eigenvalue weighted by molar-refractivity contribution is 7.99. The fourth-order valence-electron chi connectivity index (χ4n) is 1.89. The van der Waals surface area contributed by atoms with Crippen molar-refractivity contribution < 1.29 is 4.79 Å². The first-order valence-corrected chi connectivity index (χ1v) is 6.71. The van der Waals surface area contributed by atoms with Crippen LogP contribution < -0.4 is 10.9 Å². The van der Waals surface area contributed by atoms with Gasteiger partial charge < -0.3 is 5.32 Å². The first-order valence-electron chi connectivity index (χ1n) is 5.72. The number of fused-ring (bicyclic) bond motifs is 1. The molecule has 1 aromatic heterocycles. The van der Waals surface area contributed by atoms with Crippen molar-refractivity contribution in [2.75, 3.05) is 12.3 Å². The highest BCUT2D eigenvalue weighted by atomic mass is 32.2. The Labute approximate surface area is 109 Å². The zero-order valence-corrected chi connectivity index (χ0v) is 11.0. The van der Waals surface area contributed by atoms with Gasteiger partial charge in [-0.3, -0.25) is 14.2 Å². The number of nitrogens with one attached hydrogen (secondary N) is 1. The number of thioether (sulfide) groups is 1. The van der Waals surface area contributed by atoms with Gasteiger partial charge in [0.15, 0.2) is 5.16 Å². The molecule has 0 bridgehead atoms. The molecule has 2 rings (SSSR count). The highest BCUT2D eigenvalue weighted by Crippen LogP contribution is 2.31. The third-order valence-corrected chi connectivity index (χ3v) is 3.78. The van der Waals surface area contributed by atoms with Crippen LogP contribution in [0.25, 0.3) is 0 Å². The number of aryl methyl sites for hydroxylation is 1. The van der Waals surface area contributed by atoms with Crippen LogP contribution in [0.1, 0.15) is 18.2 Å². The smallest absolute Gasteiger partial charge is 0.254 e. The fourth-order valence-corrected chi connectivity index (χ4v) is 3.08. The number of aromatic nitrogens is 2. The molecule has 0 saturated heterocycles. The van der Waals surface area contributed by atoms with Crippen LogP contribution in [-0.4, -0.2) is 27.8 Å². The van der Waals surface area contributed by atoms with Gasteiger partial charge in [0.25, 0.3) is 5.56 Å². The second-order valence-electron chi connectivity index (χ2n) is 4.15. The zero-order valence-electron chi connectivity index (χ0n) is 10.2. The maximum absolute atomic E-state index is 11.9. The minimum absolute atomic E-state index is 0.0687. The van der Waals surface area contributed by atoms with Gasteiger partial charge >= 0.3 is 0 Å². The fraction of sp³-hybridized carbons (Fsp3) is 0.417. The van der Waals surface area contributed by atoms with Crippen molar-refractivity contribution in [3.63, 3.8) is 0 Å². The predicted molar refractivity (Wildman–Crippen MR) is 70.8 cm³/mol. The Hall–Kier alpha value is -1.56. The Kier molecular flexibility index (Phi) is 3.86. The van der Waals surface area contributed by atoms with Gasteiger partial charge in [0, 0.05) is 30.5 Å². The lowest BCUT2D eigenvalue weighted by molar-refractivity contribution is -0.121. The van der Waals surface area contributed by atoms with Crippen molar-refractivity contribution in [1.29, 1.82) is 0 Å². The second-order valence-corrected chi connectivity index (χ2v) is 5.14. The van der Waals surface area contributed by atoms with Gasteiger partial charge in [-0.1, -0.05) is 17.8 Å². The minimum Gasteiger partial charge on any atom is -0.353 e. The summed E-state index contributed by atoms with van der Waals surface area (Å²) in [7, 11) is 0. The van der Waals surface area contributed by atoms with E-state index in [0.717, 1.165) is 5.69 Å². The molecule has 0 aromatic carbocycles. The summed E-state index contributed by atoms with van der Waals surface area (Å²) in [5.74, 6) is 0.647. The van der Waals surface area contributed by atoms with E-state index in [-0.39, 0.29) is 17.5 Å². The van der Waals surface area contributed by atoms with Gasteiger partial charge in [0.05, 0.1) is 6.04 Å². The van der Waals surface area contributed by atoms with Crippen molar-refractivity contribution in [2.45, 2.75) is 24.5 Å². The third kappa shape index (κ3) is 2.64. The van der Waals surface area contributed by atoms with E-state index in [0.29, 0.717) is 23.9 Å². The van der Waals surface area contributed by atoms with E-state index in [9.17, 15) is 9.59 Å². The molecule has 0 radical (unpaired) electrons. The van der Waals surface area contributed by atoms with Gasteiger partial charge in [-0.2, -0.15) is 0 Å². The highest BCUT2D eigenvalue weighted by Gasteiger charge is 2.27. The molecule has 18 heavy (non-hydrogen) atoms. The van der Waals surface area contributed by atoms with E-state index in [1.807, 2.05) is 0 Å². The molecule has 0 fully saturated rings. The van der Waals surface area contributed by atoms with E-state index in [1.54, 1.807) is 17.6 Å². The molecule has 0 saturated carbocycles. The monoisotopic (exact) mass is 265 g/mol. The van der Waals surface area contributed by atoms with E-state index in [4.69, 9.17) is 0 Å². The summed E-state index contributed by atoms with van der Waals surface area (Å²) in [6.45, 7) is 5.79. The summed E-state index contributed by atoms with van der Waals surface area (Å²) < 4.78 is 1.62. The zero-order chi connectivity index (χ0) is 13.1. The summed E-state index contributed by atoms with van der Waals surface area (Å²) >= 11 is 1.52. The number of amides is 1. The Bertz CT molecular complexity index is 539. The van der Waals surface area contributed by atoms with E-state index >= 15 is 0 Å². The number of carbonyl (C=O) groups is 1. The Morgan fingerprint density at radius 3 is 3.28 bits per heavy atom. The Balaban J connectivity index is 2.14. The SMILES string of the molecule is C=CCNC(=O)C[C@H]1CSc2nc(C)cc(=O)n21. The number of carbonyl (C=O) groups excluding carboxylic acids is 1. The maximum atomic E-state index is 11.9. The quantitative estimate of drug-likeness (QED) is 0.648. The average molecular weight is 265 g/mol. The first kappa shape index (κ1) is 12.9. The van der Waals surface area contributed by atoms with Crippen LogP contribution in [0, 0.1) is 6.92 Å². The van der Waals surface area contributed by atoms with Crippen LogP contribution in [0.2, 0.25) is 0 Å². The maximum Gasteiger partial charge on any atom is 0.254 e. The topological polar surface area (TPSA) is 64.0 Å². The molecule has 2 heterocycles. The molecule has 1 atom stereocenters. The molecular weight excluding hydrogens is 250 g/mol. The van der Waals surface area contributed by atoms with Crippen LogP contribution in [0.15, 0.2) is 28.7 Å². The lowest BCUT2D eigenvalue weighted by Crippen LogP contribution is -2.30. The molecule has 1 aromatic rings. The number of rotatable bonds is 4. The van der Waals surface area contributed by atoms with Gasteiger partial charge in [-0.25, -0.2) is 4.98 Å². The van der Waals surface area contributed by atoms with Gasteiger partial charge in [-0.05, 0) is 6.92 Å². The van der Waals surface area contributed by atoms with Crippen molar-refractivity contribution in [3.05, 3.63) is 34.8 Å². The molecule has 5 nitrogen and oxygen atoms in total. The predicted octanol–water partition coefficient (Wildman–Crippen LogP) is 0.891. The van der Waals surface area contributed by atoms with Gasteiger partial charge in [0.2, 0.25) is 5.91 Å². The third-order valence-electron chi connectivity index (χ3n) is 2.68. The van der Waals surface area contributed by atoms with E-state index in [2.05, 4.69) is 16.9 Å². The summed E-state index contributed by atoms with van der Waals surface area (Å²) in [5, 5.41) is 3.43. The Morgan fingerprint density at radius 1 is 1.78 bits per heavy atom. The molecule has 6 heteroatoms. The summed E-state index contributed by atoms with van der Waals surface area (Å²) in [4.78, 5) is 27.9. The number of hydrogen-bond acceptors (Lipinski definition) is 4. The van der Waals surface area contributed by atoms with Crippen molar-refractivity contribution in [3.8, 4) is 0 Å². The first-order chi connectivity index (χ1) is 8.61. The molecular formula is C12H15N3O2S. The molecule has 1 aliphatic rings. The molecule has 1 aliphatic heterocycles. The number of hydrogen-bond donors (Lipinski definition) is 1. The van der Waals surface area contributed by atoms with Gasteiger partial charge in [0.1, 0.15) is 0 Å². The second kappa shape index (κ2) is 5.39. The van der Waals surface area contributed by atoms with E-state index in [1.165, 1.54) is 17.8 Å². The van der Waals surface area contributed by atoms with Crippen molar-refractivity contribution >= 4 is 17.7 Å².